The molecule has 0 saturated carbocycles. The van der Waals surface area contributed by atoms with Crippen molar-refractivity contribution in [1.29, 1.82) is 0 Å². The lowest BCUT2D eigenvalue weighted by Crippen LogP contribution is -2.44. The zero-order valence-corrected chi connectivity index (χ0v) is 13.1. The van der Waals surface area contributed by atoms with E-state index in [2.05, 4.69) is 22.9 Å². The molecule has 2 heterocycles. The Morgan fingerprint density at radius 1 is 1.19 bits per heavy atom. The van der Waals surface area contributed by atoms with E-state index < -0.39 is 0 Å². The molecule has 0 bridgehead atoms. The van der Waals surface area contributed by atoms with Gasteiger partial charge in [-0.2, -0.15) is 0 Å². The topological polar surface area (TPSA) is 32.8 Å². The Kier molecular flexibility index (Phi) is 2.91. The van der Waals surface area contributed by atoms with Crippen LogP contribution in [0.15, 0.2) is 53.0 Å². The average Bonchev–Trinajstić information content (AvgIpc) is 3.29. The maximum Gasteiger partial charge on any atom is 0.258 e. The molecule has 4 rings (SSSR count). The maximum atomic E-state index is 12.9. The van der Waals surface area contributed by atoms with Crippen molar-refractivity contribution in [2.45, 2.75) is 25.2 Å². The molecule has 3 atom stereocenters. The summed E-state index contributed by atoms with van der Waals surface area (Å²) in [5.41, 5.74) is 2.75. The van der Waals surface area contributed by atoms with Gasteiger partial charge in [-0.1, -0.05) is 40.2 Å². The quantitative estimate of drug-likeness (QED) is 0.734. The first-order valence-corrected chi connectivity index (χ1v) is 7.79. The van der Waals surface area contributed by atoms with E-state index in [0.29, 0.717) is 5.56 Å². The van der Waals surface area contributed by atoms with E-state index in [4.69, 9.17) is 4.74 Å². The standard InChI is InChI=1S/C17H14BrNO2/c1-10-15-16(21-15)13-8-7-12(18)9-14(13)19(10)17(20)11-5-3-2-4-6-11/h2-10,15-16H,1H3/t10-,15-,16+/m1/s1. The first kappa shape index (κ1) is 13.0. The van der Waals surface area contributed by atoms with E-state index in [0.717, 1.165) is 15.7 Å². The molecule has 0 aliphatic carbocycles. The van der Waals surface area contributed by atoms with Crippen molar-refractivity contribution < 1.29 is 9.53 Å². The second-order valence-electron chi connectivity index (χ2n) is 5.51. The summed E-state index contributed by atoms with van der Waals surface area (Å²) in [6.07, 6.45) is 0.259. The summed E-state index contributed by atoms with van der Waals surface area (Å²) >= 11 is 3.50. The van der Waals surface area contributed by atoms with Gasteiger partial charge in [0.25, 0.3) is 5.91 Å². The van der Waals surface area contributed by atoms with Crippen molar-refractivity contribution in [3.8, 4) is 0 Å². The van der Waals surface area contributed by atoms with Crippen LogP contribution in [0.1, 0.15) is 28.9 Å². The number of nitrogens with zero attached hydrogens (tertiary/aromatic N) is 1. The molecular formula is C17H14BrNO2. The van der Waals surface area contributed by atoms with Gasteiger partial charge in [0.2, 0.25) is 0 Å². The molecule has 0 radical (unpaired) electrons. The van der Waals surface area contributed by atoms with Gasteiger partial charge in [0.15, 0.2) is 0 Å². The average molecular weight is 344 g/mol. The van der Waals surface area contributed by atoms with Gasteiger partial charge in [0, 0.05) is 15.6 Å². The minimum absolute atomic E-state index is 0.0244. The fourth-order valence-electron chi connectivity index (χ4n) is 3.09. The summed E-state index contributed by atoms with van der Waals surface area (Å²) in [5.74, 6) is 0.0244. The third-order valence-electron chi connectivity index (χ3n) is 4.21. The van der Waals surface area contributed by atoms with Crippen LogP contribution in [0, 0.1) is 0 Å². The number of hydrogen-bond acceptors (Lipinski definition) is 2. The number of anilines is 1. The Labute approximate surface area is 131 Å². The molecule has 1 fully saturated rings. The van der Waals surface area contributed by atoms with E-state index >= 15 is 0 Å². The van der Waals surface area contributed by atoms with Gasteiger partial charge in [-0.3, -0.25) is 4.79 Å². The number of ether oxygens (including phenoxy) is 1. The number of benzene rings is 2. The van der Waals surface area contributed by atoms with Gasteiger partial charge >= 0.3 is 0 Å². The molecule has 0 aromatic heterocycles. The van der Waals surface area contributed by atoms with Crippen LogP contribution < -0.4 is 4.90 Å². The molecule has 0 N–H and O–H groups in total. The van der Waals surface area contributed by atoms with Gasteiger partial charge in [0.1, 0.15) is 12.2 Å². The first-order valence-electron chi connectivity index (χ1n) is 7.00. The monoisotopic (exact) mass is 343 g/mol. The fraction of sp³-hybridized carbons (Fsp3) is 0.235. The van der Waals surface area contributed by atoms with E-state index in [1.54, 1.807) is 0 Å². The molecular weight excluding hydrogens is 330 g/mol. The molecule has 106 valence electrons. The smallest absolute Gasteiger partial charge is 0.258 e. The molecule has 1 saturated heterocycles. The Bertz CT molecular complexity index is 716. The van der Waals surface area contributed by atoms with Crippen molar-refractivity contribution in [2.75, 3.05) is 4.90 Å². The minimum Gasteiger partial charge on any atom is -0.362 e. The van der Waals surface area contributed by atoms with Gasteiger partial charge in [-0.25, -0.2) is 0 Å². The van der Waals surface area contributed by atoms with Gasteiger partial charge in [-0.15, -0.1) is 0 Å². The van der Waals surface area contributed by atoms with Crippen molar-refractivity contribution >= 4 is 27.5 Å². The van der Waals surface area contributed by atoms with Crippen LogP contribution in [-0.4, -0.2) is 18.1 Å². The number of epoxide rings is 1. The number of halogens is 1. The van der Waals surface area contributed by atoms with Crippen molar-refractivity contribution in [1.82, 2.24) is 0 Å². The predicted octanol–water partition coefficient (Wildman–Crippen LogP) is 3.94. The predicted molar refractivity (Wildman–Crippen MR) is 84.5 cm³/mol. The molecule has 3 nitrogen and oxygen atoms in total. The third-order valence-corrected chi connectivity index (χ3v) is 4.70. The van der Waals surface area contributed by atoms with Crippen LogP contribution in [-0.2, 0) is 4.74 Å². The summed E-state index contributed by atoms with van der Waals surface area (Å²) in [6.45, 7) is 2.05. The largest absolute Gasteiger partial charge is 0.362 e. The maximum absolute atomic E-state index is 12.9. The second kappa shape index (κ2) is 4.68. The summed E-state index contributed by atoms with van der Waals surface area (Å²) in [6, 6.07) is 15.5. The lowest BCUT2D eigenvalue weighted by Gasteiger charge is -2.33. The van der Waals surface area contributed by atoms with Crippen LogP contribution in [0.4, 0.5) is 5.69 Å². The molecule has 2 aliphatic heterocycles. The molecule has 1 amide bonds. The highest BCUT2D eigenvalue weighted by atomic mass is 79.9. The minimum atomic E-state index is 0.0244. The summed E-state index contributed by atoms with van der Waals surface area (Å²) in [5, 5.41) is 0. The Morgan fingerprint density at radius 2 is 1.95 bits per heavy atom. The third kappa shape index (κ3) is 2.01. The summed E-state index contributed by atoms with van der Waals surface area (Å²) < 4.78 is 6.73. The van der Waals surface area contributed by atoms with Crippen LogP contribution >= 0.6 is 15.9 Å². The summed E-state index contributed by atoms with van der Waals surface area (Å²) in [4.78, 5) is 14.8. The lowest BCUT2D eigenvalue weighted by molar-refractivity contribution is 0.0973. The van der Waals surface area contributed by atoms with Crippen LogP contribution in [0.5, 0.6) is 0 Å². The zero-order chi connectivity index (χ0) is 14.6. The number of hydrogen-bond donors (Lipinski definition) is 0. The van der Waals surface area contributed by atoms with Crippen LogP contribution in [0.3, 0.4) is 0 Å². The normalized spacial score (nSPS) is 26.0. The highest BCUT2D eigenvalue weighted by Gasteiger charge is 2.53. The SMILES string of the molecule is C[C@@H]1[C@H]2O[C@H]2c2ccc(Br)cc2N1C(=O)c1ccccc1. The highest BCUT2D eigenvalue weighted by molar-refractivity contribution is 9.10. The number of carbonyl (C=O) groups is 1. The molecule has 4 heteroatoms. The molecule has 0 unspecified atom stereocenters. The molecule has 0 spiro atoms. The Balaban J connectivity index is 1.82. The zero-order valence-electron chi connectivity index (χ0n) is 11.5. The highest BCUT2D eigenvalue weighted by Crippen LogP contribution is 2.51. The fourth-order valence-corrected chi connectivity index (χ4v) is 3.44. The van der Waals surface area contributed by atoms with Gasteiger partial charge in [-0.05, 0) is 31.2 Å². The van der Waals surface area contributed by atoms with E-state index in [1.807, 2.05) is 53.4 Å². The van der Waals surface area contributed by atoms with Crippen LogP contribution in [0.25, 0.3) is 0 Å². The van der Waals surface area contributed by atoms with Crippen molar-refractivity contribution in [3.63, 3.8) is 0 Å². The number of amides is 1. The number of fused-ring (bicyclic) bond motifs is 3. The molecule has 21 heavy (non-hydrogen) atoms. The first-order chi connectivity index (χ1) is 10.2. The Morgan fingerprint density at radius 3 is 2.71 bits per heavy atom. The van der Waals surface area contributed by atoms with E-state index in [9.17, 15) is 4.79 Å². The summed E-state index contributed by atoms with van der Waals surface area (Å²) in [7, 11) is 0. The molecule has 2 aliphatic rings. The molecule has 2 aromatic carbocycles. The van der Waals surface area contributed by atoms with Crippen molar-refractivity contribution in [3.05, 3.63) is 64.1 Å². The second-order valence-corrected chi connectivity index (χ2v) is 6.42. The Hall–Kier alpha value is -1.65. The van der Waals surface area contributed by atoms with Crippen molar-refractivity contribution in [2.24, 2.45) is 0 Å². The number of carbonyl (C=O) groups excluding carboxylic acids is 1. The van der Waals surface area contributed by atoms with E-state index in [1.165, 1.54) is 0 Å². The molecule has 2 aromatic rings. The van der Waals surface area contributed by atoms with Gasteiger partial charge in [0.05, 0.1) is 11.7 Å². The van der Waals surface area contributed by atoms with Gasteiger partial charge < -0.3 is 9.64 Å². The van der Waals surface area contributed by atoms with Crippen LogP contribution in [0.2, 0.25) is 0 Å². The number of rotatable bonds is 1. The van der Waals surface area contributed by atoms with E-state index in [-0.39, 0.29) is 24.2 Å². The lowest BCUT2D eigenvalue weighted by atomic mass is 9.96.